The first-order valence-electron chi connectivity index (χ1n) is 10.2. The molecule has 0 radical (unpaired) electrons. The summed E-state index contributed by atoms with van der Waals surface area (Å²) < 4.78 is 11.7. The minimum Gasteiger partial charge on any atom is -0.496 e. The van der Waals surface area contributed by atoms with Crippen LogP contribution in [0.25, 0.3) is 6.08 Å². The highest BCUT2D eigenvalue weighted by atomic mass is 35.5. The molecule has 0 amide bonds. The van der Waals surface area contributed by atoms with Crippen LogP contribution in [0.2, 0.25) is 5.02 Å². The van der Waals surface area contributed by atoms with Gasteiger partial charge in [0, 0.05) is 15.5 Å². The van der Waals surface area contributed by atoms with E-state index in [2.05, 4.69) is 13.8 Å². The normalized spacial score (nSPS) is 11.3. The van der Waals surface area contributed by atoms with E-state index in [1.54, 1.807) is 13.2 Å². The summed E-state index contributed by atoms with van der Waals surface area (Å²) >= 11 is 7.81. The van der Waals surface area contributed by atoms with Gasteiger partial charge in [-0.1, -0.05) is 37.6 Å². The van der Waals surface area contributed by atoms with Crippen molar-refractivity contribution in [2.24, 2.45) is 0 Å². The second-order valence-electron chi connectivity index (χ2n) is 7.76. The SMILES string of the molecule is COc1ccc(/C=C/C(=O)c2ccc(C)s2)cc1COc1cc(C)c(Cl)cc1C(C)C. The predicted octanol–water partition coefficient (Wildman–Crippen LogP) is 7.63. The summed E-state index contributed by atoms with van der Waals surface area (Å²) in [6.07, 6.45) is 3.43. The van der Waals surface area contributed by atoms with Crippen LogP contribution in [0.4, 0.5) is 0 Å². The average molecular weight is 455 g/mol. The molecule has 0 bridgehead atoms. The maximum Gasteiger partial charge on any atom is 0.195 e. The Morgan fingerprint density at radius 1 is 1.10 bits per heavy atom. The van der Waals surface area contributed by atoms with Crippen molar-refractivity contribution in [1.82, 2.24) is 0 Å². The third-order valence-corrected chi connectivity index (χ3v) is 6.43. The molecule has 0 saturated heterocycles. The van der Waals surface area contributed by atoms with Crippen LogP contribution in [0.15, 0.2) is 48.5 Å². The van der Waals surface area contributed by atoms with Crippen molar-refractivity contribution in [1.29, 1.82) is 0 Å². The van der Waals surface area contributed by atoms with Crippen molar-refractivity contribution in [2.45, 2.75) is 40.2 Å². The smallest absolute Gasteiger partial charge is 0.195 e. The van der Waals surface area contributed by atoms with Crippen LogP contribution in [-0.4, -0.2) is 12.9 Å². The van der Waals surface area contributed by atoms with Crippen LogP contribution >= 0.6 is 22.9 Å². The van der Waals surface area contributed by atoms with Gasteiger partial charge < -0.3 is 9.47 Å². The molecule has 0 aliphatic rings. The fourth-order valence-electron chi connectivity index (χ4n) is 3.24. The minimum absolute atomic E-state index is 0.00457. The lowest BCUT2D eigenvalue weighted by Crippen LogP contribution is -2.03. The first kappa shape index (κ1) is 23.1. The Kier molecular flexibility index (Phi) is 7.58. The number of ketones is 1. The molecule has 0 aliphatic carbocycles. The first-order chi connectivity index (χ1) is 14.8. The molecule has 0 fully saturated rings. The van der Waals surface area contributed by atoms with Gasteiger partial charge in [-0.25, -0.2) is 0 Å². The molecule has 162 valence electrons. The molecule has 0 saturated carbocycles. The van der Waals surface area contributed by atoms with Gasteiger partial charge in [0.1, 0.15) is 18.1 Å². The van der Waals surface area contributed by atoms with E-state index in [4.69, 9.17) is 21.1 Å². The Balaban J connectivity index is 1.81. The van der Waals surface area contributed by atoms with Crippen LogP contribution in [0, 0.1) is 13.8 Å². The van der Waals surface area contributed by atoms with E-state index in [1.165, 1.54) is 11.3 Å². The van der Waals surface area contributed by atoms with E-state index in [1.807, 2.05) is 62.4 Å². The maximum atomic E-state index is 12.4. The van der Waals surface area contributed by atoms with Crippen molar-refractivity contribution in [2.75, 3.05) is 7.11 Å². The highest BCUT2D eigenvalue weighted by molar-refractivity contribution is 7.14. The molecule has 3 nitrogen and oxygen atoms in total. The van der Waals surface area contributed by atoms with E-state index < -0.39 is 0 Å². The van der Waals surface area contributed by atoms with Crippen LogP contribution in [0.1, 0.15) is 56.6 Å². The zero-order chi connectivity index (χ0) is 22.5. The number of hydrogen-bond donors (Lipinski definition) is 0. The van der Waals surface area contributed by atoms with Crippen molar-refractivity contribution in [3.05, 3.63) is 85.6 Å². The van der Waals surface area contributed by atoms with Gasteiger partial charge in [0.25, 0.3) is 0 Å². The van der Waals surface area contributed by atoms with E-state index in [0.717, 1.165) is 48.5 Å². The molecular weight excluding hydrogens is 428 g/mol. The number of allylic oxidation sites excluding steroid dienone is 1. The Morgan fingerprint density at radius 2 is 1.87 bits per heavy atom. The van der Waals surface area contributed by atoms with Crippen molar-refractivity contribution < 1.29 is 14.3 Å². The largest absolute Gasteiger partial charge is 0.496 e. The lowest BCUT2D eigenvalue weighted by Gasteiger charge is -2.17. The first-order valence-corrected chi connectivity index (χ1v) is 11.4. The minimum atomic E-state index is 0.00457. The topological polar surface area (TPSA) is 35.5 Å². The fraction of sp³-hybridized carbons (Fsp3) is 0.269. The molecule has 0 atom stereocenters. The quantitative estimate of drug-likeness (QED) is 0.259. The molecule has 3 rings (SSSR count). The van der Waals surface area contributed by atoms with Gasteiger partial charge in [-0.15, -0.1) is 11.3 Å². The monoisotopic (exact) mass is 454 g/mol. The second-order valence-corrected chi connectivity index (χ2v) is 9.46. The van der Waals surface area contributed by atoms with E-state index in [-0.39, 0.29) is 11.7 Å². The molecule has 1 aromatic heterocycles. The number of thiophene rings is 1. The number of carbonyl (C=O) groups is 1. The van der Waals surface area contributed by atoms with E-state index in [9.17, 15) is 4.79 Å². The third kappa shape index (κ3) is 5.78. The Bertz CT molecular complexity index is 1110. The van der Waals surface area contributed by atoms with Crippen LogP contribution in [0.5, 0.6) is 11.5 Å². The van der Waals surface area contributed by atoms with Gasteiger partial charge in [0.2, 0.25) is 0 Å². The number of aryl methyl sites for hydroxylation is 2. The average Bonchev–Trinajstić information content (AvgIpc) is 3.18. The third-order valence-electron chi connectivity index (χ3n) is 5.01. The summed E-state index contributed by atoms with van der Waals surface area (Å²) in [6, 6.07) is 13.6. The molecular formula is C26H27ClO3S. The summed E-state index contributed by atoms with van der Waals surface area (Å²) in [6.45, 7) is 8.55. The van der Waals surface area contributed by atoms with Gasteiger partial charge >= 0.3 is 0 Å². The summed E-state index contributed by atoms with van der Waals surface area (Å²) in [4.78, 5) is 14.2. The zero-order valence-corrected chi connectivity index (χ0v) is 20.1. The van der Waals surface area contributed by atoms with E-state index in [0.29, 0.717) is 6.61 Å². The van der Waals surface area contributed by atoms with Crippen molar-refractivity contribution in [3.8, 4) is 11.5 Å². The van der Waals surface area contributed by atoms with Crippen LogP contribution in [0.3, 0.4) is 0 Å². The second kappa shape index (κ2) is 10.2. The van der Waals surface area contributed by atoms with E-state index >= 15 is 0 Å². The molecule has 0 aliphatic heterocycles. The zero-order valence-electron chi connectivity index (χ0n) is 18.5. The predicted molar refractivity (Wildman–Crippen MR) is 130 cm³/mol. The summed E-state index contributed by atoms with van der Waals surface area (Å²) in [5.74, 6) is 1.86. The number of halogens is 1. The van der Waals surface area contributed by atoms with Gasteiger partial charge in [-0.3, -0.25) is 4.79 Å². The molecule has 3 aromatic rings. The Morgan fingerprint density at radius 3 is 2.52 bits per heavy atom. The fourth-order valence-corrected chi connectivity index (χ4v) is 4.20. The van der Waals surface area contributed by atoms with Crippen molar-refractivity contribution in [3.63, 3.8) is 0 Å². The summed E-state index contributed by atoms with van der Waals surface area (Å²) in [7, 11) is 1.64. The number of benzene rings is 2. The van der Waals surface area contributed by atoms with Gasteiger partial charge in [-0.05, 0) is 78.9 Å². The highest BCUT2D eigenvalue weighted by Crippen LogP contribution is 2.33. The lowest BCUT2D eigenvalue weighted by molar-refractivity contribution is 0.105. The Labute approximate surface area is 193 Å². The van der Waals surface area contributed by atoms with Gasteiger partial charge in [0.15, 0.2) is 5.78 Å². The van der Waals surface area contributed by atoms with Crippen LogP contribution < -0.4 is 9.47 Å². The molecule has 31 heavy (non-hydrogen) atoms. The Hall–Kier alpha value is -2.56. The highest BCUT2D eigenvalue weighted by Gasteiger charge is 2.13. The van der Waals surface area contributed by atoms with Gasteiger partial charge in [0.05, 0.1) is 12.0 Å². The lowest BCUT2D eigenvalue weighted by atomic mass is 10.0. The summed E-state index contributed by atoms with van der Waals surface area (Å²) in [5, 5.41) is 0.742. The number of rotatable bonds is 8. The van der Waals surface area contributed by atoms with Crippen LogP contribution in [-0.2, 0) is 6.61 Å². The molecule has 0 spiro atoms. The molecule has 5 heteroatoms. The molecule has 2 aromatic carbocycles. The number of hydrogen-bond acceptors (Lipinski definition) is 4. The molecule has 0 unspecified atom stereocenters. The van der Waals surface area contributed by atoms with Crippen molar-refractivity contribution >= 4 is 34.8 Å². The van der Waals surface area contributed by atoms with Gasteiger partial charge in [-0.2, -0.15) is 0 Å². The summed E-state index contributed by atoms with van der Waals surface area (Å²) in [5.41, 5.74) is 3.87. The maximum absolute atomic E-state index is 12.4. The molecule has 0 N–H and O–H groups in total. The number of methoxy groups -OCH3 is 1. The molecule has 1 heterocycles. The number of carbonyl (C=O) groups excluding carboxylic acids is 1. The standard InChI is InChI=1S/C26H27ClO3S/c1-16(2)21-14-22(27)17(3)12-25(21)30-15-20-13-19(8-10-24(20)29-5)7-9-23(28)26-11-6-18(4)31-26/h6-14,16H,15H2,1-5H3/b9-7+. The number of ether oxygens (including phenoxy) is 2.